The van der Waals surface area contributed by atoms with E-state index in [1.807, 2.05) is 17.0 Å². The summed E-state index contributed by atoms with van der Waals surface area (Å²) in [6.07, 6.45) is 5.67. The number of nitrogens with zero attached hydrogens (tertiary/aromatic N) is 7. The molecule has 0 spiro atoms. The number of rotatable bonds is 5. The van der Waals surface area contributed by atoms with Gasteiger partial charge in [0.05, 0.1) is 25.3 Å². The van der Waals surface area contributed by atoms with Gasteiger partial charge >= 0.3 is 0 Å². The maximum atomic E-state index is 12.9. The monoisotopic (exact) mass is 515 g/mol. The molecule has 0 bridgehead atoms. The molecule has 1 aromatic carbocycles. The maximum absolute atomic E-state index is 12.9. The largest absolute Gasteiger partial charge is 0.378 e. The highest BCUT2D eigenvalue weighted by Crippen LogP contribution is 2.38. The molecule has 2 fully saturated rings. The second kappa shape index (κ2) is 10.9. The van der Waals surface area contributed by atoms with Crippen LogP contribution in [0.3, 0.4) is 0 Å². The predicted molar refractivity (Wildman–Crippen MR) is 145 cm³/mol. The van der Waals surface area contributed by atoms with E-state index in [4.69, 9.17) is 20.4 Å². The molecular weight excluding hydrogens is 482 g/mol. The lowest BCUT2D eigenvalue weighted by atomic mass is 9.99. The van der Waals surface area contributed by atoms with E-state index in [0.717, 1.165) is 92.5 Å². The average molecular weight is 516 g/mol. The van der Waals surface area contributed by atoms with Crippen LogP contribution in [0.15, 0.2) is 36.7 Å². The topological polar surface area (TPSA) is 126 Å². The Balaban J connectivity index is 1.36. The van der Waals surface area contributed by atoms with Crippen LogP contribution in [0.4, 0.5) is 23.4 Å². The van der Waals surface area contributed by atoms with Gasteiger partial charge in [0.1, 0.15) is 5.82 Å². The van der Waals surface area contributed by atoms with E-state index >= 15 is 0 Å². The van der Waals surface area contributed by atoms with Gasteiger partial charge in [-0.3, -0.25) is 4.79 Å². The van der Waals surface area contributed by atoms with Gasteiger partial charge in [-0.05, 0) is 30.5 Å². The molecule has 6 rings (SSSR count). The van der Waals surface area contributed by atoms with Crippen LogP contribution in [-0.4, -0.2) is 89.8 Å². The van der Waals surface area contributed by atoms with Crippen molar-refractivity contribution >= 4 is 29.3 Å². The van der Waals surface area contributed by atoms with Gasteiger partial charge in [-0.25, -0.2) is 15.0 Å². The zero-order chi connectivity index (χ0) is 25.9. The third-order valence-corrected chi connectivity index (χ3v) is 7.32. The molecule has 11 heteroatoms. The van der Waals surface area contributed by atoms with E-state index in [1.54, 1.807) is 12.4 Å². The highest BCUT2D eigenvalue weighted by atomic mass is 16.5. The first kappa shape index (κ1) is 24.5. The molecule has 3 aliphatic heterocycles. The van der Waals surface area contributed by atoms with Gasteiger partial charge in [0.15, 0.2) is 0 Å². The standard InChI is InChI=1S/C27H33N9O2/c28-26-30-17-20(18-31-26)24-22-5-2-8-36(25(22)33-27(32-24)35-11-13-38-14-12-35)21-4-1-3-19(15-21)16-23(37)34-9-6-29-7-10-34/h1,3-4,15,17-18,29H,2,5-14,16H2,(H2,28,30,31). The van der Waals surface area contributed by atoms with Crippen LogP contribution >= 0.6 is 0 Å². The number of piperazine rings is 1. The van der Waals surface area contributed by atoms with Crippen LogP contribution in [0.1, 0.15) is 17.5 Å². The van der Waals surface area contributed by atoms with Crippen molar-refractivity contribution in [2.24, 2.45) is 0 Å². The summed E-state index contributed by atoms with van der Waals surface area (Å²) in [6.45, 7) is 6.82. The number of hydrogen-bond donors (Lipinski definition) is 2. The Hall–Kier alpha value is -3.83. The molecule has 0 saturated carbocycles. The number of hydrogen-bond acceptors (Lipinski definition) is 10. The predicted octanol–water partition coefficient (Wildman–Crippen LogP) is 1.41. The van der Waals surface area contributed by atoms with Gasteiger partial charge in [-0.15, -0.1) is 0 Å². The van der Waals surface area contributed by atoms with E-state index in [9.17, 15) is 4.79 Å². The fraction of sp³-hybridized carbons (Fsp3) is 0.444. The third kappa shape index (κ3) is 5.11. The van der Waals surface area contributed by atoms with E-state index < -0.39 is 0 Å². The minimum Gasteiger partial charge on any atom is -0.378 e. The van der Waals surface area contributed by atoms with Crippen molar-refractivity contribution in [3.63, 3.8) is 0 Å². The SMILES string of the molecule is Nc1ncc(-c2nc(N3CCOCC3)nc3c2CCCN3c2cccc(CC(=O)N3CCNCC3)c2)cn1. The Morgan fingerprint density at radius 1 is 1.03 bits per heavy atom. The van der Waals surface area contributed by atoms with Crippen molar-refractivity contribution in [1.29, 1.82) is 0 Å². The van der Waals surface area contributed by atoms with Crippen LogP contribution in [0.5, 0.6) is 0 Å². The summed E-state index contributed by atoms with van der Waals surface area (Å²) in [5.74, 6) is 1.98. The van der Waals surface area contributed by atoms with Crippen LogP contribution in [0, 0.1) is 0 Å². The highest BCUT2D eigenvalue weighted by molar-refractivity contribution is 5.80. The van der Waals surface area contributed by atoms with Gasteiger partial charge in [0.2, 0.25) is 17.8 Å². The number of aromatic nitrogens is 4. The molecular formula is C27H33N9O2. The number of ether oxygens (including phenoxy) is 1. The summed E-state index contributed by atoms with van der Waals surface area (Å²) < 4.78 is 5.56. The van der Waals surface area contributed by atoms with Gasteiger partial charge < -0.3 is 30.5 Å². The lowest BCUT2D eigenvalue weighted by Gasteiger charge is -2.34. The molecule has 0 radical (unpaired) electrons. The summed E-state index contributed by atoms with van der Waals surface area (Å²) in [6, 6.07) is 8.28. The van der Waals surface area contributed by atoms with Crippen molar-refractivity contribution in [3.05, 3.63) is 47.8 Å². The van der Waals surface area contributed by atoms with Gasteiger partial charge in [-0.2, -0.15) is 4.98 Å². The Morgan fingerprint density at radius 3 is 2.61 bits per heavy atom. The van der Waals surface area contributed by atoms with E-state index in [-0.39, 0.29) is 11.9 Å². The summed E-state index contributed by atoms with van der Waals surface area (Å²) in [5.41, 5.74) is 10.5. The first-order chi connectivity index (χ1) is 18.7. The summed E-state index contributed by atoms with van der Waals surface area (Å²) >= 11 is 0. The zero-order valence-corrected chi connectivity index (χ0v) is 21.5. The number of amides is 1. The number of benzene rings is 1. The molecule has 0 atom stereocenters. The van der Waals surface area contributed by atoms with Crippen LogP contribution in [-0.2, 0) is 22.4 Å². The third-order valence-electron chi connectivity index (χ3n) is 7.32. The highest BCUT2D eigenvalue weighted by Gasteiger charge is 2.28. The normalized spacial score (nSPS) is 17.8. The summed E-state index contributed by atoms with van der Waals surface area (Å²) in [4.78, 5) is 37.8. The Kier molecular flexibility index (Phi) is 7.02. The van der Waals surface area contributed by atoms with Crippen molar-refractivity contribution in [1.82, 2.24) is 30.2 Å². The first-order valence-electron chi connectivity index (χ1n) is 13.3. The minimum absolute atomic E-state index is 0.172. The molecule has 3 N–H and O–H groups in total. The fourth-order valence-corrected chi connectivity index (χ4v) is 5.32. The van der Waals surface area contributed by atoms with Crippen LogP contribution in [0.25, 0.3) is 11.3 Å². The molecule has 2 aromatic heterocycles. The van der Waals surface area contributed by atoms with Crippen LogP contribution in [0.2, 0.25) is 0 Å². The first-order valence-corrected chi connectivity index (χ1v) is 13.3. The second-order valence-corrected chi connectivity index (χ2v) is 9.84. The zero-order valence-electron chi connectivity index (χ0n) is 21.5. The number of fused-ring (bicyclic) bond motifs is 1. The van der Waals surface area contributed by atoms with Gasteiger partial charge in [0, 0.05) is 75.0 Å². The smallest absolute Gasteiger partial charge is 0.228 e. The van der Waals surface area contributed by atoms with Gasteiger partial charge in [-0.1, -0.05) is 12.1 Å². The Bertz CT molecular complexity index is 1290. The molecule has 0 unspecified atom stereocenters. The maximum Gasteiger partial charge on any atom is 0.228 e. The molecule has 3 aliphatic rings. The molecule has 38 heavy (non-hydrogen) atoms. The number of nitrogen functional groups attached to an aromatic ring is 1. The van der Waals surface area contributed by atoms with Gasteiger partial charge in [0.25, 0.3) is 0 Å². The lowest BCUT2D eigenvalue weighted by Crippen LogP contribution is -2.46. The number of carbonyl (C=O) groups excluding carboxylic acids is 1. The van der Waals surface area contributed by atoms with Crippen molar-refractivity contribution in [2.45, 2.75) is 19.3 Å². The Morgan fingerprint density at radius 2 is 1.82 bits per heavy atom. The number of morpholine rings is 1. The van der Waals surface area contributed by atoms with Crippen molar-refractivity contribution in [3.8, 4) is 11.3 Å². The lowest BCUT2D eigenvalue weighted by molar-refractivity contribution is -0.131. The Labute approximate surface area is 222 Å². The van der Waals surface area contributed by atoms with E-state index in [2.05, 4.69) is 37.2 Å². The number of anilines is 4. The minimum atomic E-state index is 0.172. The number of carbonyl (C=O) groups is 1. The fourth-order valence-electron chi connectivity index (χ4n) is 5.32. The molecule has 3 aromatic rings. The van der Waals surface area contributed by atoms with Crippen molar-refractivity contribution < 1.29 is 9.53 Å². The van der Waals surface area contributed by atoms with E-state index in [1.165, 1.54) is 0 Å². The van der Waals surface area contributed by atoms with E-state index in [0.29, 0.717) is 25.6 Å². The van der Waals surface area contributed by atoms with Crippen LogP contribution < -0.4 is 20.9 Å². The molecule has 0 aliphatic carbocycles. The molecule has 11 nitrogen and oxygen atoms in total. The molecule has 5 heterocycles. The summed E-state index contributed by atoms with van der Waals surface area (Å²) in [5, 5.41) is 3.31. The molecule has 198 valence electrons. The second-order valence-electron chi connectivity index (χ2n) is 9.84. The quantitative estimate of drug-likeness (QED) is 0.515. The number of nitrogens with one attached hydrogen (secondary N) is 1. The summed E-state index contributed by atoms with van der Waals surface area (Å²) in [7, 11) is 0. The molecule has 2 saturated heterocycles. The molecule has 1 amide bonds. The number of nitrogens with two attached hydrogens (primary N) is 1. The van der Waals surface area contributed by atoms with Crippen molar-refractivity contribution in [2.75, 3.05) is 74.6 Å². The average Bonchev–Trinajstić information content (AvgIpc) is 2.98.